The van der Waals surface area contributed by atoms with Crippen LogP contribution in [0.5, 0.6) is 5.75 Å². The van der Waals surface area contributed by atoms with Crippen molar-refractivity contribution in [2.45, 2.75) is 129 Å². The molecule has 0 saturated heterocycles. The molecule has 4 nitrogen and oxygen atoms in total. The minimum atomic E-state index is 0.154. The highest BCUT2D eigenvalue weighted by molar-refractivity contribution is 8.77. The summed E-state index contributed by atoms with van der Waals surface area (Å²) in [5.41, 5.74) is 1.33. The van der Waals surface area contributed by atoms with Gasteiger partial charge in [-0.2, -0.15) is 0 Å². The predicted octanol–water partition coefficient (Wildman–Crippen LogP) is 10.0. The van der Waals surface area contributed by atoms with Crippen molar-refractivity contribution < 1.29 is 4.74 Å². The summed E-state index contributed by atoms with van der Waals surface area (Å²) in [6, 6.07) is 8.39. The second-order valence-electron chi connectivity index (χ2n) is 11.7. The highest BCUT2D eigenvalue weighted by Crippen LogP contribution is 2.46. The van der Waals surface area contributed by atoms with Gasteiger partial charge in [0.25, 0.3) is 0 Å². The van der Waals surface area contributed by atoms with Gasteiger partial charge in [0.15, 0.2) is 11.0 Å². The van der Waals surface area contributed by atoms with Gasteiger partial charge < -0.3 is 4.74 Å². The van der Waals surface area contributed by atoms with Crippen LogP contribution in [0.3, 0.4) is 0 Å². The molecule has 0 N–H and O–H groups in total. The Bertz CT molecular complexity index is 856. The fraction of sp³-hybridized carbons (Fsp3) is 0.724. The van der Waals surface area contributed by atoms with Gasteiger partial charge in [0.05, 0.1) is 13.2 Å². The minimum Gasteiger partial charge on any atom is -0.497 e. The van der Waals surface area contributed by atoms with Crippen molar-refractivity contribution in [1.29, 1.82) is 0 Å². The second kappa shape index (κ2) is 14.6. The molecule has 2 aromatic rings. The summed E-state index contributed by atoms with van der Waals surface area (Å²) in [4.78, 5) is 5.00. The van der Waals surface area contributed by atoms with Gasteiger partial charge in [-0.1, -0.05) is 89.9 Å². The molecular formula is C29H49N3OS2. The molecule has 1 aromatic carbocycles. The van der Waals surface area contributed by atoms with Crippen LogP contribution in [-0.2, 0) is 0 Å². The Kier molecular flexibility index (Phi) is 12.5. The van der Waals surface area contributed by atoms with Crippen LogP contribution in [0.2, 0.25) is 0 Å². The molecule has 0 radical (unpaired) electrons. The van der Waals surface area contributed by atoms with Crippen molar-refractivity contribution in [2.24, 2.45) is 5.41 Å². The van der Waals surface area contributed by atoms with Crippen LogP contribution in [-0.4, -0.2) is 26.6 Å². The van der Waals surface area contributed by atoms with Crippen LogP contribution >= 0.6 is 21.6 Å². The number of hydrogen-bond donors (Lipinski definition) is 0. The van der Waals surface area contributed by atoms with Crippen LogP contribution in [0.15, 0.2) is 29.4 Å². The number of aromatic nitrogens is 3. The number of ether oxygens (including phenoxy) is 1. The quantitative estimate of drug-likeness (QED) is 0.163. The number of rotatable bonds is 16. The summed E-state index contributed by atoms with van der Waals surface area (Å²) in [7, 11) is 5.40. The Labute approximate surface area is 223 Å². The summed E-state index contributed by atoms with van der Waals surface area (Å²) >= 11 is 0. The highest BCUT2D eigenvalue weighted by atomic mass is 33.1. The van der Waals surface area contributed by atoms with Crippen molar-refractivity contribution in [3.8, 4) is 17.1 Å². The average Bonchev–Trinajstić information content (AvgIpc) is 3.22. The Morgan fingerprint density at radius 2 is 1.51 bits per heavy atom. The van der Waals surface area contributed by atoms with E-state index in [0.717, 1.165) is 35.1 Å². The van der Waals surface area contributed by atoms with E-state index in [1.807, 2.05) is 35.1 Å². The normalized spacial score (nSPS) is 13.3. The maximum atomic E-state index is 5.33. The molecule has 1 heterocycles. The van der Waals surface area contributed by atoms with E-state index in [0.29, 0.717) is 11.5 Å². The zero-order valence-electron chi connectivity index (χ0n) is 23.5. The molecule has 6 heteroatoms. The fourth-order valence-corrected chi connectivity index (χ4v) is 7.30. The first kappa shape index (κ1) is 30.1. The number of methoxy groups -OCH3 is 1. The van der Waals surface area contributed by atoms with Crippen LogP contribution in [0.4, 0.5) is 0 Å². The van der Waals surface area contributed by atoms with Gasteiger partial charge in [-0.3, -0.25) is 0 Å². The van der Waals surface area contributed by atoms with E-state index in [2.05, 4.69) is 53.1 Å². The van der Waals surface area contributed by atoms with E-state index in [9.17, 15) is 0 Å². The molecule has 0 spiro atoms. The molecule has 0 aliphatic heterocycles. The molecule has 0 saturated carbocycles. The maximum Gasteiger partial charge on any atom is 0.197 e. The van der Waals surface area contributed by atoms with Gasteiger partial charge >= 0.3 is 0 Å². The summed E-state index contributed by atoms with van der Waals surface area (Å²) < 4.78 is 7.65. The average molecular weight is 520 g/mol. The molecule has 0 amide bonds. The number of benzene rings is 1. The molecule has 35 heavy (non-hydrogen) atoms. The van der Waals surface area contributed by atoms with Crippen molar-refractivity contribution in [1.82, 2.24) is 14.8 Å². The summed E-state index contributed by atoms with van der Waals surface area (Å²) in [5.74, 6) is 1.65. The standard InChI is InChI=1S/C29H49N3OS2/c1-9-10-11-12-13-14-15-16-17-23(2)32-27(34-35-29(6,7)22-28(3,4)5)30-26(31-32)24-18-20-25(33-8)21-19-24/h18-21,23H,9-17,22H2,1-8H3. The second-order valence-corrected chi connectivity index (χ2v) is 14.5. The lowest BCUT2D eigenvalue weighted by atomic mass is 9.86. The molecule has 1 unspecified atom stereocenters. The van der Waals surface area contributed by atoms with Gasteiger partial charge in [-0.15, -0.1) is 5.10 Å². The largest absolute Gasteiger partial charge is 0.497 e. The van der Waals surface area contributed by atoms with Crippen LogP contribution in [0.1, 0.15) is 119 Å². The topological polar surface area (TPSA) is 39.9 Å². The molecule has 0 aliphatic carbocycles. The van der Waals surface area contributed by atoms with Gasteiger partial charge in [-0.05, 0) is 74.1 Å². The van der Waals surface area contributed by atoms with Crippen LogP contribution in [0.25, 0.3) is 11.4 Å². The Morgan fingerprint density at radius 1 is 0.914 bits per heavy atom. The molecule has 0 bridgehead atoms. The van der Waals surface area contributed by atoms with Gasteiger partial charge in [0.1, 0.15) is 5.75 Å². The number of unbranched alkanes of at least 4 members (excludes halogenated alkanes) is 7. The zero-order chi connectivity index (χ0) is 25.9. The van der Waals surface area contributed by atoms with Crippen molar-refractivity contribution in [2.75, 3.05) is 7.11 Å². The molecular weight excluding hydrogens is 470 g/mol. The van der Waals surface area contributed by atoms with Crippen molar-refractivity contribution >= 4 is 21.6 Å². The maximum absolute atomic E-state index is 5.33. The Morgan fingerprint density at radius 3 is 2.09 bits per heavy atom. The lowest BCUT2D eigenvalue weighted by molar-refractivity contribution is 0.340. The SMILES string of the molecule is CCCCCCCCCCC(C)n1nc(-c2ccc(OC)cc2)nc1SSC(C)(C)CC(C)(C)C. The molecule has 0 aliphatic rings. The minimum absolute atomic E-state index is 0.154. The van der Waals surface area contributed by atoms with Gasteiger partial charge in [0, 0.05) is 10.3 Å². The number of nitrogens with zero attached hydrogens (tertiary/aromatic N) is 3. The van der Waals surface area contributed by atoms with E-state index in [1.165, 1.54) is 51.4 Å². The monoisotopic (exact) mass is 519 g/mol. The molecule has 1 atom stereocenters. The molecule has 0 fully saturated rings. The molecule has 1 aromatic heterocycles. The number of hydrogen-bond acceptors (Lipinski definition) is 5. The third kappa shape index (κ3) is 11.2. The van der Waals surface area contributed by atoms with Crippen LogP contribution < -0.4 is 4.74 Å². The highest BCUT2D eigenvalue weighted by Gasteiger charge is 2.28. The first-order chi connectivity index (χ1) is 16.5. The predicted molar refractivity (Wildman–Crippen MR) is 156 cm³/mol. The van der Waals surface area contributed by atoms with E-state index in [-0.39, 0.29) is 4.75 Å². The third-order valence-electron chi connectivity index (χ3n) is 6.14. The van der Waals surface area contributed by atoms with Gasteiger partial charge in [0.2, 0.25) is 0 Å². The van der Waals surface area contributed by atoms with E-state index in [1.54, 1.807) is 17.9 Å². The zero-order valence-corrected chi connectivity index (χ0v) is 25.2. The lowest BCUT2D eigenvalue weighted by Gasteiger charge is -2.31. The Hall–Kier alpha value is -1.14. The van der Waals surface area contributed by atoms with E-state index < -0.39 is 0 Å². The van der Waals surface area contributed by atoms with Crippen LogP contribution in [0, 0.1) is 5.41 Å². The summed E-state index contributed by atoms with van der Waals surface area (Å²) in [5, 5.41) is 6.00. The molecule has 198 valence electrons. The van der Waals surface area contributed by atoms with Crippen molar-refractivity contribution in [3.63, 3.8) is 0 Å². The Balaban J connectivity index is 2.07. The first-order valence-electron chi connectivity index (χ1n) is 13.5. The summed E-state index contributed by atoms with van der Waals surface area (Å²) in [6.07, 6.45) is 13.1. The van der Waals surface area contributed by atoms with E-state index >= 15 is 0 Å². The third-order valence-corrected chi connectivity index (χ3v) is 9.30. The lowest BCUT2D eigenvalue weighted by Crippen LogP contribution is -2.22. The first-order valence-corrected chi connectivity index (χ1v) is 15.7. The smallest absolute Gasteiger partial charge is 0.197 e. The fourth-order valence-electron chi connectivity index (χ4n) is 4.67. The van der Waals surface area contributed by atoms with Crippen molar-refractivity contribution in [3.05, 3.63) is 24.3 Å². The molecule has 2 rings (SSSR count). The van der Waals surface area contributed by atoms with E-state index in [4.69, 9.17) is 14.8 Å². The van der Waals surface area contributed by atoms with Gasteiger partial charge in [-0.25, -0.2) is 9.67 Å². The summed E-state index contributed by atoms with van der Waals surface area (Å²) in [6.45, 7) is 16.2.